The van der Waals surface area contributed by atoms with Crippen molar-refractivity contribution < 1.29 is 38.4 Å². The predicted molar refractivity (Wildman–Crippen MR) is 256 cm³/mol. The van der Waals surface area contributed by atoms with Crippen LogP contribution in [0.4, 0.5) is 0 Å². The Bertz CT molecular complexity index is 1660. The quantitative estimate of drug-likeness (QED) is 0.0216. The zero-order valence-electron chi connectivity index (χ0n) is 39.8. The van der Waals surface area contributed by atoms with Gasteiger partial charge in [0.25, 0.3) is 0 Å². The summed E-state index contributed by atoms with van der Waals surface area (Å²) in [5, 5.41) is 11.2. The van der Waals surface area contributed by atoms with Gasteiger partial charge in [0.15, 0.2) is 41.0 Å². The Morgan fingerprint density at radius 1 is 0.523 bits per heavy atom. The monoisotopic (exact) mass is 938 g/mol. The Balaban J connectivity index is 6.03. The number of thioether (sulfide) groups is 1. The van der Waals surface area contributed by atoms with Crippen molar-refractivity contribution in [3.63, 3.8) is 0 Å². The van der Waals surface area contributed by atoms with E-state index in [0.29, 0.717) is 44.4 Å². The summed E-state index contributed by atoms with van der Waals surface area (Å²) in [6.45, 7) is 10.2. The predicted octanol–water partition coefficient (Wildman–Crippen LogP) is -0.451. The number of hydrogen-bond acceptors (Lipinski definition) is 13. The van der Waals surface area contributed by atoms with Crippen molar-refractivity contribution in [2.24, 2.45) is 79.0 Å². The highest BCUT2D eigenvalue weighted by Crippen LogP contribution is 2.21. The maximum absolute atomic E-state index is 13.9. The van der Waals surface area contributed by atoms with E-state index in [1.165, 1.54) is 20.8 Å². The number of hydrogen-bond donors (Lipinski definition) is 10. The van der Waals surface area contributed by atoms with Crippen LogP contribution in [0.25, 0.3) is 0 Å². The molecule has 0 aliphatic carbocycles. The lowest BCUT2D eigenvalue weighted by molar-refractivity contribution is -0.136. The van der Waals surface area contributed by atoms with Crippen LogP contribution < -0.4 is 55.7 Å². The van der Waals surface area contributed by atoms with Crippen molar-refractivity contribution in [2.45, 2.75) is 136 Å². The molecule has 8 atom stereocenters. The van der Waals surface area contributed by atoms with Gasteiger partial charge in [-0.15, -0.1) is 0 Å². The second kappa shape index (κ2) is 32.5. The fourth-order valence-electron chi connectivity index (χ4n) is 6.86. The van der Waals surface area contributed by atoms with E-state index < -0.39 is 77.1 Å². The fraction of sp³-hybridized carbons (Fsp3) is 0.744. The van der Waals surface area contributed by atoms with Gasteiger partial charge < -0.3 is 55.7 Å². The molecule has 0 heterocycles. The van der Waals surface area contributed by atoms with Crippen LogP contribution in [0.3, 0.4) is 0 Å². The Morgan fingerprint density at radius 2 is 0.969 bits per heavy atom. The van der Waals surface area contributed by atoms with Crippen LogP contribution in [0.2, 0.25) is 0 Å². The number of nitrogens with two attached hydrogens (primary N) is 6. The van der Waals surface area contributed by atoms with E-state index in [9.17, 15) is 38.4 Å². The molecule has 0 saturated heterocycles. The molecule has 21 nitrogen and oxygen atoms in total. The highest BCUT2D eigenvalue weighted by Gasteiger charge is 2.34. The first-order valence-corrected chi connectivity index (χ1v) is 23.7. The molecule has 0 aliphatic rings. The van der Waals surface area contributed by atoms with Gasteiger partial charge in [-0.05, 0) is 90.7 Å². The topological polar surface area (TPSA) is 378 Å². The van der Waals surface area contributed by atoms with Crippen molar-refractivity contribution in [2.75, 3.05) is 38.7 Å². The number of Topliss-reactive ketones (excluding diaryl/α,β-unsaturated/α-hetero) is 5. The SMILES string of the molecule is CN[C@@H](CCCN=C(N)N)C(=O)C[C@@H](C)C(=O)N[C@@H](CCCN=C(N)N)C(=O)C[C@H](C(=O)N[C@@H](C)C(=O)C[C@@H](CCCN=C(N)N)C(=O)N[C@@H](C)C(=O)C[C@@H](CCSC)C(C)=O)C(C)C. The van der Waals surface area contributed by atoms with E-state index in [0.717, 1.165) is 0 Å². The standard InChI is InChI=1S/C43H79N13O8S/c1-24(2)31(23-37(61)33(14-11-18-53-43(48)49)56-38(62)25(3)20-36(60)32(50-7)13-10-17-52-42(46)47)40(64)55-27(5)35(59)22-30(12-9-16-51-41(44)45)39(63)54-26(4)34(58)21-29(28(6)57)15-19-65-8/h24-27,29-33,50H,9-23H2,1-8H3,(H,54,63)(H,55,64)(H,56,62)(H4,44,45,51)(H4,46,47,52)(H4,48,49,53)/t25-,26+,27+,29-,30-,31+,32+,33+/m1/s1. The van der Waals surface area contributed by atoms with E-state index in [1.54, 1.807) is 39.6 Å². The fourth-order valence-corrected chi connectivity index (χ4v) is 7.38. The number of carbonyl (C=O) groups is 8. The minimum absolute atomic E-state index is 0.0268. The molecule has 0 spiro atoms. The molecule has 0 rings (SSSR count). The third-order valence-electron chi connectivity index (χ3n) is 11.1. The van der Waals surface area contributed by atoms with Gasteiger partial charge in [0.2, 0.25) is 17.7 Å². The van der Waals surface area contributed by atoms with Crippen LogP contribution in [0.1, 0.15) is 112 Å². The molecule has 0 fully saturated rings. The maximum Gasteiger partial charge on any atom is 0.224 e. The van der Waals surface area contributed by atoms with Crippen LogP contribution in [0, 0.1) is 29.6 Å². The molecule has 0 aromatic rings. The number of ketones is 5. The van der Waals surface area contributed by atoms with Crippen LogP contribution in [-0.4, -0.2) is 127 Å². The molecule has 0 saturated carbocycles. The lowest BCUT2D eigenvalue weighted by atomic mass is 9.86. The first kappa shape index (κ1) is 59.9. The first-order valence-electron chi connectivity index (χ1n) is 22.3. The molecule has 0 radical (unpaired) electrons. The minimum Gasteiger partial charge on any atom is -0.370 e. The average molecular weight is 938 g/mol. The number of guanidine groups is 3. The zero-order valence-corrected chi connectivity index (χ0v) is 40.6. The van der Waals surface area contributed by atoms with Crippen LogP contribution in [0.5, 0.6) is 0 Å². The second-order valence-electron chi connectivity index (χ2n) is 16.9. The number of nitrogens with one attached hydrogen (secondary N) is 4. The smallest absolute Gasteiger partial charge is 0.224 e. The van der Waals surface area contributed by atoms with Crippen molar-refractivity contribution in [3.05, 3.63) is 0 Å². The Hall–Kier alpha value is -5.12. The molecule has 0 bridgehead atoms. The maximum atomic E-state index is 13.9. The van der Waals surface area contributed by atoms with Crippen molar-refractivity contribution in [3.8, 4) is 0 Å². The van der Waals surface area contributed by atoms with E-state index >= 15 is 0 Å². The number of aliphatic imine (C=N–C) groups is 3. The van der Waals surface area contributed by atoms with Gasteiger partial charge in [0.1, 0.15) is 5.78 Å². The van der Waals surface area contributed by atoms with Gasteiger partial charge in [0, 0.05) is 69.0 Å². The summed E-state index contributed by atoms with van der Waals surface area (Å²) in [6, 6.07) is -3.58. The van der Waals surface area contributed by atoms with E-state index in [1.807, 2.05) is 6.26 Å². The molecule has 16 N–H and O–H groups in total. The summed E-state index contributed by atoms with van der Waals surface area (Å²) in [5.74, 6) is -6.27. The minimum atomic E-state index is -1.07. The summed E-state index contributed by atoms with van der Waals surface area (Å²) >= 11 is 1.57. The summed E-state index contributed by atoms with van der Waals surface area (Å²) in [5.41, 5.74) is 32.6. The van der Waals surface area contributed by atoms with Gasteiger partial charge in [0.05, 0.1) is 24.2 Å². The molecule has 0 aromatic heterocycles. The summed E-state index contributed by atoms with van der Waals surface area (Å²) in [7, 11) is 1.64. The average Bonchev–Trinajstić information content (AvgIpc) is 3.22. The van der Waals surface area contributed by atoms with Gasteiger partial charge in [-0.1, -0.05) is 20.8 Å². The van der Waals surface area contributed by atoms with E-state index in [4.69, 9.17) is 34.4 Å². The van der Waals surface area contributed by atoms with Gasteiger partial charge in [-0.3, -0.25) is 53.3 Å². The molecular formula is C43H79N13O8S. The molecule has 3 amide bonds. The molecule has 0 unspecified atom stereocenters. The van der Waals surface area contributed by atoms with Gasteiger partial charge in [-0.25, -0.2) is 0 Å². The van der Waals surface area contributed by atoms with Crippen LogP contribution in [0.15, 0.2) is 15.0 Å². The Kier molecular flexibility index (Phi) is 30.0. The molecule has 65 heavy (non-hydrogen) atoms. The molecular weight excluding hydrogens is 859 g/mol. The third-order valence-corrected chi connectivity index (χ3v) is 11.7. The normalized spacial score (nSPS) is 14.8. The lowest BCUT2D eigenvalue weighted by Crippen LogP contribution is -2.48. The van der Waals surface area contributed by atoms with Crippen molar-refractivity contribution >= 4 is 76.3 Å². The second-order valence-corrected chi connectivity index (χ2v) is 17.9. The van der Waals surface area contributed by atoms with Crippen molar-refractivity contribution in [1.29, 1.82) is 0 Å². The summed E-state index contributed by atoms with van der Waals surface area (Å²) in [6.07, 6.45) is 3.68. The van der Waals surface area contributed by atoms with E-state index in [-0.39, 0.29) is 92.8 Å². The number of amides is 3. The highest BCUT2D eigenvalue weighted by atomic mass is 32.2. The molecule has 370 valence electrons. The molecule has 0 aromatic carbocycles. The number of carbonyl (C=O) groups excluding carboxylic acids is 8. The van der Waals surface area contributed by atoms with E-state index in [2.05, 4.69) is 36.2 Å². The van der Waals surface area contributed by atoms with Crippen LogP contribution in [-0.2, 0) is 38.4 Å². The van der Waals surface area contributed by atoms with Gasteiger partial charge >= 0.3 is 0 Å². The number of nitrogens with zero attached hydrogens (tertiary/aromatic N) is 3. The summed E-state index contributed by atoms with van der Waals surface area (Å²) in [4.78, 5) is 119. The first-order chi connectivity index (χ1) is 30.4. The number of rotatable bonds is 36. The largest absolute Gasteiger partial charge is 0.370 e. The summed E-state index contributed by atoms with van der Waals surface area (Å²) < 4.78 is 0. The number of likely N-dealkylation sites (N-methyl/N-ethyl adjacent to an activating group) is 1. The van der Waals surface area contributed by atoms with Gasteiger partial charge in [-0.2, -0.15) is 11.8 Å². The molecule has 0 aliphatic heterocycles. The van der Waals surface area contributed by atoms with Crippen LogP contribution >= 0.6 is 11.8 Å². The zero-order chi connectivity index (χ0) is 49.8. The van der Waals surface area contributed by atoms with Crippen molar-refractivity contribution in [1.82, 2.24) is 21.3 Å². The highest BCUT2D eigenvalue weighted by molar-refractivity contribution is 7.98. The molecule has 22 heteroatoms. The Morgan fingerprint density at radius 3 is 1.42 bits per heavy atom. The third kappa shape index (κ3) is 25.8. The Labute approximate surface area is 388 Å². The lowest BCUT2D eigenvalue weighted by Gasteiger charge is -2.26.